The summed E-state index contributed by atoms with van der Waals surface area (Å²) in [7, 11) is 0. The molecule has 8 heteroatoms. The van der Waals surface area contributed by atoms with Crippen LogP contribution in [0, 0.1) is 5.41 Å². The molecule has 1 aromatic heterocycles. The predicted octanol–water partition coefficient (Wildman–Crippen LogP) is 4.81. The number of ether oxygens (including phenoxy) is 1. The largest absolute Gasteiger partial charge is 0.491 e. The molecule has 8 nitrogen and oxygen atoms in total. The molecular weight excluding hydrogens is 468 g/mol. The van der Waals surface area contributed by atoms with Gasteiger partial charge in [-0.15, -0.1) is 0 Å². The molecule has 1 aromatic carbocycles. The molecule has 0 bridgehead atoms. The number of carbonyl (C=O) groups is 2. The quantitative estimate of drug-likeness (QED) is 0.352. The number of carboxylic acid groups (broad SMARTS) is 1. The first-order valence-corrected chi connectivity index (χ1v) is 13.2. The van der Waals surface area contributed by atoms with Gasteiger partial charge in [0.05, 0.1) is 18.8 Å². The number of aryl methyl sites for hydroxylation is 1. The number of ketones is 1. The molecular formula is C29H38N4O4. The van der Waals surface area contributed by atoms with Crippen molar-refractivity contribution in [2.24, 2.45) is 0 Å². The Bertz CT molecular complexity index is 1200. The number of hydrogen-bond acceptors (Lipinski definition) is 6. The van der Waals surface area contributed by atoms with Gasteiger partial charge in [-0.25, -0.2) is 4.98 Å². The van der Waals surface area contributed by atoms with Crippen molar-refractivity contribution in [1.82, 2.24) is 9.88 Å². The van der Waals surface area contributed by atoms with Gasteiger partial charge in [-0.05, 0) is 49.3 Å². The summed E-state index contributed by atoms with van der Waals surface area (Å²) >= 11 is 0. The lowest BCUT2D eigenvalue weighted by Gasteiger charge is -2.30. The number of nitrogens with zero attached hydrogens (tertiary/aromatic N) is 3. The van der Waals surface area contributed by atoms with E-state index in [1.807, 2.05) is 31.2 Å². The molecule has 0 radical (unpaired) electrons. The first-order chi connectivity index (χ1) is 17.6. The van der Waals surface area contributed by atoms with Crippen LogP contribution in [0.2, 0.25) is 0 Å². The van der Waals surface area contributed by atoms with Gasteiger partial charge >= 0.3 is 5.97 Å². The molecule has 1 fully saturated rings. The highest BCUT2D eigenvalue weighted by molar-refractivity contribution is 6.05. The third kappa shape index (κ3) is 5.95. The number of nitrogens with one attached hydrogen (secondary N) is 1. The fourth-order valence-electron chi connectivity index (χ4n) is 4.97. The van der Waals surface area contributed by atoms with E-state index in [-0.39, 0.29) is 24.2 Å². The number of Topliss-reactive ketones (excluding diaryl/α,β-unsaturated/α-hetero) is 1. The molecule has 3 heterocycles. The van der Waals surface area contributed by atoms with Crippen molar-refractivity contribution in [3.05, 3.63) is 52.3 Å². The normalized spacial score (nSPS) is 15.3. The maximum absolute atomic E-state index is 13.6. The first kappa shape index (κ1) is 26.6. The zero-order chi connectivity index (χ0) is 26.7. The van der Waals surface area contributed by atoms with Gasteiger partial charge in [0.15, 0.2) is 5.78 Å². The van der Waals surface area contributed by atoms with Gasteiger partial charge in [0.25, 0.3) is 0 Å². The van der Waals surface area contributed by atoms with Crippen LogP contribution in [0.3, 0.4) is 0 Å². The van der Waals surface area contributed by atoms with Gasteiger partial charge in [-0.2, -0.15) is 0 Å². The van der Waals surface area contributed by atoms with E-state index in [1.165, 1.54) is 0 Å². The maximum Gasteiger partial charge on any atom is 0.303 e. The molecule has 0 spiro atoms. The van der Waals surface area contributed by atoms with E-state index in [4.69, 9.17) is 15.3 Å². The molecule has 2 N–H and O–H groups in total. The number of anilines is 1. The van der Waals surface area contributed by atoms with Crippen molar-refractivity contribution >= 4 is 23.3 Å². The standard InChI is InChI=1S/C29H38N4O4/c1-5-21-11-10-19-17-33(28(30)26(19)31-21)18-24(34)20-15-22(29(2,3)4)27(37-14-8-9-25(35)36)23(16-20)32-12-6-7-13-32/h10-11,15-16,30H,5-9,12-14,17-18H2,1-4H3,(H,35,36). The van der Waals surface area contributed by atoms with Gasteiger partial charge in [0.2, 0.25) is 0 Å². The summed E-state index contributed by atoms with van der Waals surface area (Å²) < 4.78 is 6.24. The van der Waals surface area contributed by atoms with Crippen LogP contribution in [0.5, 0.6) is 5.75 Å². The Morgan fingerprint density at radius 2 is 1.89 bits per heavy atom. The number of carbonyl (C=O) groups excluding carboxylic acids is 1. The number of carboxylic acids is 1. The average molecular weight is 507 g/mol. The third-order valence-electron chi connectivity index (χ3n) is 7.06. The van der Waals surface area contributed by atoms with Crippen LogP contribution >= 0.6 is 0 Å². The number of amidine groups is 1. The minimum atomic E-state index is -0.837. The summed E-state index contributed by atoms with van der Waals surface area (Å²) in [6.07, 6.45) is 3.44. The molecule has 198 valence electrons. The van der Waals surface area contributed by atoms with Crippen molar-refractivity contribution < 1.29 is 19.4 Å². The monoisotopic (exact) mass is 506 g/mol. The van der Waals surface area contributed by atoms with E-state index in [0.29, 0.717) is 36.7 Å². The van der Waals surface area contributed by atoms with Crippen molar-refractivity contribution in [3.63, 3.8) is 0 Å². The molecule has 37 heavy (non-hydrogen) atoms. The maximum atomic E-state index is 13.6. The fourth-order valence-corrected chi connectivity index (χ4v) is 4.97. The van der Waals surface area contributed by atoms with E-state index in [2.05, 4.69) is 30.7 Å². The van der Waals surface area contributed by atoms with Crippen LogP contribution in [0.1, 0.15) is 86.3 Å². The molecule has 0 unspecified atom stereocenters. The Morgan fingerprint density at radius 1 is 1.16 bits per heavy atom. The lowest BCUT2D eigenvalue weighted by molar-refractivity contribution is -0.137. The molecule has 1 saturated heterocycles. The summed E-state index contributed by atoms with van der Waals surface area (Å²) in [5, 5.41) is 17.6. The molecule has 4 rings (SSSR count). The minimum absolute atomic E-state index is 0.0448. The number of aromatic nitrogens is 1. The second-order valence-electron chi connectivity index (χ2n) is 11.0. The highest BCUT2D eigenvalue weighted by Gasteiger charge is 2.31. The smallest absolute Gasteiger partial charge is 0.303 e. The van der Waals surface area contributed by atoms with Gasteiger partial charge in [-0.3, -0.25) is 15.0 Å². The third-order valence-corrected chi connectivity index (χ3v) is 7.06. The molecule has 0 amide bonds. The number of hydrogen-bond donors (Lipinski definition) is 2. The molecule has 2 aromatic rings. The van der Waals surface area contributed by atoms with Gasteiger partial charge in [-0.1, -0.05) is 33.8 Å². The number of rotatable bonds is 10. The number of benzene rings is 1. The van der Waals surface area contributed by atoms with E-state index in [9.17, 15) is 9.59 Å². The van der Waals surface area contributed by atoms with Gasteiger partial charge in [0, 0.05) is 48.4 Å². The zero-order valence-corrected chi connectivity index (χ0v) is 22.4. The highest BCUT2D eigenvalue weighted by atomic mass is 16.5. The molecule has 0 saturated carbocycles. The van der Waals surface area contributed by atoms with Crippen molar-refractivity contribution in [3.8, 4) is 5.75 Å². The summed E-state index contributed by atoms with van der Waals surface area (Å²) in [5.74, 6) is 0.162. The Labute approximate surface area is 219 Å². The topological polar surface area (TPSA) is 107 Å². The van der Waals surface area contributed by atoms with Crippen molar-refractivity contribution in [1.29, 1.82) is 5.41 Å². The second kappa shape index (κ2) is 10.9. The summed E-state index contributed by atoms with van der Waals surface area (Å²) in [6.45, 7) is 11.0. The van der Waals surface area contributed by atoms with Crippen LogP contribution in [0.15, 0.2) is 24.3 Å². The van der Waals surface area contributed by atoms with Gasteiger partial charge < -0.3 is 19.6 Å². The van der Waals surface area contributed by atoms with E-state index in [0.717, 1.165) is 60.6 Å². The van der Waals surface area contributed by atoms with Crippen LogP contribution in [0.4, 0.5) is 5.69 Å². The van der Waals surface area contributed by atoms with E-state index >= 15 is 0 Å². The van der Waals surface area contributed by atoms with Crippen LogP contribution in [0.25, 0.3) is 0 Å². The summed E-state index contributed by atoms with van der Waals surface area (Å²) in [4.78, 5) is 33.3. The highest BCUT2D eigenvalue weighted by Crippen LogP contribution is 2.41. The first-order valence-electron chi connectivity index (χ1n) is 13.2. The van der Waals surface area contributed by atoms with Gasteiger partial charge in [0.1, 0.15) is 17.3 Å². The predicted molar refractivity (Wildman–Crippen MR) is 144 cm³/mol. The fraction of sp³-hybridized carbons (Fsp3) is 0.517. The second-order valence-corrected chi connectivity index (χ2v) is 11.0. The Morgan fingerprint density at radius 3 is 2.54 bits per heavy atom. The summed E-state index contributed by atoms with van der Waals surface area (Å²) in [5.41, 5.74) is 4.75. The SMILES string of the molecule is CCc1ccc2c(n1)C(=N)N(CC(=O)c1cc(N3CCCC3)c(OCCCC(=O)O)c(C(C)(C)C)c1)C2. The molecule has 2 aliphatic heterocycles. The number of aliphatic carboxylic acids is 1. The number of fused-ring (bicyclic) bond motifs is 1. The van der Waals surface area contributed by atoms with Crippen LogP contribution < -0.4 is 9.64 Å². The van der Waals surface area contributed by atoms with E-state index in [1.54, 1.807) is 4.90 Å². The zero-order valence-electron chi connectivity index (χ0n) is 22.4. The lowest BCUT2D eigenvalue weighted by atomic mass is 9.84. The average Bonchev–Trinajstić information content (AvgIpc) is 3.49. The molecule has 2 aliphatic rings. The van der Waals surface area contributed by atoms with E-state index < -0.39 is 5.97 Å². The minimum Gasteiger partial charge on any atom is -0.491 e. The van der Waals surface area contributed by atoms with Crippen LogP contribution in [-0.4, -0.2) is 58.8 Å². The Kier molecular flexibility index (Phi) is 7.85. The Balaban J connectivity index is 1.63. The Hall–Kier alpha value is -3.42. The number of pyridine rings is 1. The molecule has 0 atom stereocenters. The molecule has 0 aliphatic carbocycles. The summed E-state index contributed by atoms with van der Waals surface area (Å²) in [6, 6.07) is 7.86. The lowest BCUT2D eigenvalue weighted by Crippen LogP contribution is -2.31. The van der Waals surface area contributed by atoms with Crippen molar-refractivity contribution in [2.45, 2.75) is 71.8 Å². The van der Waals surface area contributed by atoms with Crippen LogP contribution in [-0.2, 0) is 23.2 Å². The van der Waals surface area contributed by atoms with Crippen molar-refractivity contribution in [2.75, 3.05) is 31.1 Å².